The van der Waals surface area contributed by atoms with Crippen molar-refractivity contribution in [2.45, 2.75) is 38.8 Å². The first kappa shape index (κ1) is 15.7. The van der Waals surface area contributed by atoms with E-state index < -0.39 is 0 Å². The molecule has 1 aromatic heterocycles. The molecule has 4 rings (SSSR count). The molecule has 1 N–H and O–H groups in total. The van der Waals surface area contributed by atoms with Gasteiger partial charge in [0.2, 0.25) is 0 Å². The van der Waals surface area contributed by atoms with Gasteiger partial charge in [0, 0.05) is 11.5 Å². The molecule has 128 valence electrons. The molecule has 4 nitrogen and oxygen atoms in total. The van der Waals surface area contributed by atoms with Gasteiger partial charge in [-0.05, 0) is 55.1 Å². The van der Waals surface area contributed by atoms with Crippen LogP contribution in [0.4, 0.5) is 4.39 Å². The van der Waals surface area contributed by atoms with E-state index in [1.165, 1.54) is 12.5 Å². The molecule has 2 atom stereocenters. The van der Waals surface area contributed by atoms with E-state index in [0.29, 0.717) is 25.5 Å². The van der Waals surface area contributed by atoms with Crippen molar-refractivity contribution < 1.29 is 18.3 Å². The fourth-order valence-electron chi connectivity index (χ4n) is 3.28. The summed E-state index contributed by atoms with van der Waals surface area (Å²) in [6.45, 7) is 4.30. The van der Waals surface area contributed by atoms with E-state index in [-0.39, 0.29) is 12.6 Å². The van der Waals surface area contributed by atoms with Gasteiger partial charge >= 0.3 is 0 Å². The second-order valence-electron chi connectivity index (χ2n) is 6.71. The Balaban J connectivity index is 1.31. The van der Waals surface area contributed by atoms with Crippen LogP contribution < -0.4 is 10.1 Å². The number of rotatable bonds is 6. The van der Waals surface area contributed by atoms with E-state index >= 15 is 0 Å². The predicted octanol–water partition coefficient (Wildman–Crippen LogP) is 3.74. The Hall–Kier alpha value is -1.85. The van der Waals surface area contributed by atoms with E-state index in [2.05, 4.69) is 18.3 Å². The third-order valence-electron chi connectivity index (χ3n) is 4.78. The second-order valence-corrected chi connectivity index (χ2v) is 6.71. The summed E-state index contributed by atoms with van der Waals surface area (Å²) in [7, 11) is 0. The quantitative estimate of drug-likeness (QED) is 0.819. The summed E-state index contributed by atoms with van der Waals surface area (Å²) in [4.78, 5) is 0. The van der Waals surface area contributed by atoms with Crippen molar-refractivity contribution in [1.82, 2.24) is 5.32 Å². The standard InChI is InChI=1S/C19H22FNO3/c1-12-6-17(12)18-3-2-16(24-18)9-21-5-4-13-7-15(20)8-14-10-22-11-23-19(13)14/h2-3,7-8,12,17,21H,4-6,9-11H2,1H3. The van der Waals surface area contributed by atoms with E-state index in [1.807, 2.05) is 6.07 Å². The van der Waals surface area contributed by atoms with E-state index in [4.69, 9.17) is 13.9 Å². The predicted molar refractivity (Wildman–Crippen MR) is 87.3 cm³/mol. The normalized spacial score (nSPS) is 22.1. The van der Waals surface area contributed by atoms with Crippen molar-refractivity contribution in [3.8, 4) is 5.75 Å². The van der Waals surface area contributed by atoms with Gasteiger partial charge in [0.05, 0.1) is 13.2 Å². The number of benzene rings is 1. The van der Waals surface area contributed by atoms with Crippen LogP contribution in [0.5, 0.6) is 5.75 Å². The Morgan fingerprint density at radius 3 is 3.00 bits per heavy atom. The highest BCUT2D eigenvalue weighted by atomic mass is 19.1. The molecular weight excluding hydrogens is 309 g/mol. The first-order chi connectivity index (χ1) is 11.7. The van der Waals surface area contributed by atoms with Crippen LogP contribution in [0.3, 0.4) is 0 Å². The van der Waals surface area contributed by atoms with Crippen molar-refractivity contribution in [2.75, 3.05) is 13.3 Å². The minimum absolute atomic E-state index is 0.230. The molecule has 24 heavy (non-hydrogen) atoms. The average Bonchev–Trinajstić information content (AvgIpc) is 3.12. The minimum Gasteiger partial charge on any atom is -0.467 e. The fourth-order valence-corrected chi connectivity index (χ4v) is 3.28. The lowest BCUT2D eigenvalue weighted by molar-refractivity contribution is -0.0172. The van der Waals surface area contributed by atoms with Crippen molar-refractivity contribution in [3.05, 3.63) is 52.7 Å². The van der Waals surface area contributed by atoms with Crippen LogP contribution >= 0.6 is 0 Å². The Morgan fingerprint density at radius 1 is 1.29 bits per heavy atom. The maximum Gasteiger partial charge on any atom is 0.189 e. The summed E-state index contributed by atoms with van der Waals surface area (Å²) in [5.41, 5.74) is 1.67. The van der Waals surface area contributed by atoms with Gasteiger partial charge in [0.15, 0.2) is 6.79 Å². The van der Waals surface area contributed by atoms with Crippen molar-refractivity contribution >= 4 is 0 Å². The number of fused-ring (bicyclic) bond motifs is 1. The van der Waals surface area contributed by atoms with Crippen LogP contribution in [0.25, 0.3) is 0 Å². The van der Waals surface area contributed by atoms with Gasteiger partial charge in [-0.25, -0.2) is 4.39 Å². The first-order valence-electron chi connectivity index (χ1n) is 8.52. The topological polar surface area (TPSA) is 43.6 Å². The zero-order valence-corrected chi connectivity index (χ0v) is 13.8. The maximum absolute atomic E-state index is 13.7. The Bertz CT molecular complexity index is 727. The zero-order chi connectivity index (χ0) is 16.5. The highest BCUT2D eigenvalue weighted by molar-refractivity contribution is 5.42. The zero-order valence-electron chi connectivity index (χ0n) is 13.8. The van der Waals surface area contributed by atoms with Gasteiger partial charge < -0.3 is 19.2 Å². The van der Waals surface area contributed by atoms with Gasteiger partial charge in [-0.3, -0.25) is 0 Å². The van der Waals surface area contributed by atoms with Crippen LogP contribution in [-0.2, 0) is 24.3 Å². The lowest BCUT2D eigenvalue weighted by Crippen LogP contribution is -2.19. The molecule has 0 radical (unpaired) electrons. The number of ether oxygens (including phenoxy) is 2. The SMILES string of the molecule is CC1CC1c1ccc(CNCCc2cc(F)cc3c2OCOC3)o1. The number of hydrogen-bond acceptors (Lipinski definition) is 4. The lowest BCUT2D eigenvalue weighted by atomic mass is 10.1. The molecule has 1 aliphatic heterocycles. The molecule has 0 saturated heterocycles. The first-order valence-corrected chi connectivity index (χ1v) is 8.52. The van der Waals surface area contributed by atoms with E-state index in [9.17, 15) is 4.39 Å². The van der Waals surface area contributed by atoms with Crippen molar-refractivity contribution in [1.29, 1.82) is 0 Å². The molecule has 2 heterocycles. The van der Waals surface area contributed by atoms with Crippen LogP contribution in [0.15, 0.2) is 28.7 Å². The summed E-state index contributed by atoms with van der Waals surface area (Å²) in [5, 5.41) is 3.36. The molecule has 2 aliphatic rings. The van der Waals surface area contributed by atoms with Crippen molar-refractivity contribution in [2.24, 2.45) is 5.92 Å². The average molecular weight is 331 g/mol. The molecule has 1 aromatic carbocycles. The molecule has 1 fully saturated rings. The van der Waals surface area contributed by atoms with Gasteiger partial charge in [-0.2, -0.15) is 0 Å². The van der Waals surface area contributed by atoms with E-state index in [0.717, 1.165) is 40.9 Å². The van der Waals surface area contributed by atoms with Gasteiger partial charge in [-0.1, -0.05) is 6.92 Å². The highest BCUT2D eigenvalue weighted by Gasteiger charge is 2.36. The minimum atomic E-state index is -0.243. The molecule has 0 spiro atoms. The number of halogens is 1. The summed E-state index contributed by atoms with van der Waals surface area (Å²) in [6.07, 6.45) is 1.93. The molecule has 2 unspecified atom stereocenters. The number of furan rings is 1. The number of nitrogens with one attached hydrogen (secondary N) is 1. The maximum atomic E-state index is 13.7. The summed E-state index contributed by atoms with van der Waals surface area (Å²) in [5.74, 6) is 3.94. The Labute approximate surface area is 140 Å². The molecule has 0 amide bonds. The van der Waals surface area contributed by atoms with Crippen molar-refractivity contribution in [3.63, 3.8) is 0 Å². The van der Waals surface area contributed by atoms with Crippen LogP contribution in [0.1, 0.15) is 41.9 Å². The molecule has 2 aromatic rings. The Morgan fingerprint density at radius 2 is 2.17 bits per heavy atom. The largest absolute Gasteiger partial charge is 0.467 e. The molecule has 1 saturated carbocycles. The summed E-state index contributed by atoms with van der Waals surface area (Å²) < 4.78 is 30.3. The smallest absolute Gasteiger partial charge is 0.189 e. The molecule has 0 bridgehead atoms. The fraction of sp³-hybridized carbons (Fsp3) is 0.474. The molecular formula is C19H22FNO3. The van der Waals surface area contributed by atoms with Gasteiger partial charge in [0.25, 0.3) is 0 Å². The third kappa shape index (κ3) is 3.32. The molecule has 5 heteroatoms. The van der Waals surface area contributed by atoms with Crippen LogP contribution in [0, 0.1) is 11.7 Å². The van der Waals surface area contributed by atoms with Gasteiger partial charge in [0.1, 0.15) is 23.1 Å². The number of hydrogen-bond donors (Lipinski definition) is 1. The summed E-state index contributed by atoms with van der Waals surface area (Å²) in [6, 6.07) is 7.15. The van der Waals surface area contributed by atoms with Crippen LogP contribution in [-0.4, -0.2) is 13.3 Å². The second kappa shape index (κ2) is 6.57. The third-order valence-corrected chi connectivity index (χ3v) is 4.78. The Kier molecular flexibility index (Phi) is 4.29. The summed E-state index contributed by atoms with van der Waals surface area (Å²) >= 11 is 0. The monoisotopic (exact) mass is 331 g/mol. The van der Waals surface area contributed by atoms with E-state index in [1.54, 1.807) is 6.07 Å². The van der Waals surface area contributed by atoms with Crippen LogP contribution in [0.2, 0.25) is 0 Å². The highest BCUT2D eigenvalue weighted by Crippen LogP contribution is 2.47. The lowest BCUT2D eigenvalue weighted by Gasteiger charge is -2.20. The molecule has 1 aliphatic carbocycles. The van der Waals surface area contributed by atoms with Gasteiger partial charge in [-0.15, -0.1) is 0 Å².